The summed E-state index contributed by atoms with van der Waals surface area (Å²) in [6, 6.07) is 17.9. The van der Waals surface area contributed by atoms with E-state index in [1.807, 2.05) is 48.7 Å². The van der Waals surface area contributed by atoms with Gasteiger partial charge in [0.05, 0.1) is 20.5 Å². The first-order chi connectivity index (χ1) is 20.0. The van der Waals surface area contributed by atoms with Crippen LogP contribution in [0.25, 0.3) is 17.2 Å². The number of hydrogen-bond acceptors (Lipinski definition) is 9. The van der Waals surface area contributed by atoms with Gasteiger partial charge in [-0.25, -0.2) is 9.97 Å². The third-order valence-corrected chi connectivity index (χ3v) is 7.66. The van der Waals surface area contributed by atoms with E-state index < -0.39 is 0 Å². The molecule has 1 unspecified atom stereocenters. The fourth-order valence-electron chi connectivity index (χ4n) is 5.17. The van der Waals surface area contributed by atoms with Gasteiger partial charge in [0.25, 0.3) is 0 Å². The Morgan fingerprint density at radius 2 is 1.88 bits per heavy atom. The first-order valence-corrected chi connectivity index (χ1v) is 13.9. The summed E-state index contributed by atoms with van der Waals surface area (Å²) >= 11 is 6.09. The summed E-state index contributed by atoms with van der Waals surface area (Å²) < 4.78 is 18.2. The van der Waals surface area contributed by atoms with Crippen molar-refractivity contribution in [3.63, 3.8) is 0 Å². The number of fused-ring (bicyclic) bond motifs is 1. The Bertz CT molecular complexity index is 1620. The van der Waals surface area contributed by atoms with Crippen LogP contribution in [0.3, 0.4) is 0 Å². The smallest absolute Gasteiger partial charge is 0.226 e. The highest BCUT2D eigenvalue weighted by Gasteiger charge is 2.26. The molecule has 11 heteroatoms. The summed E-state index contributed by atoms with van der Waals surface area (Å²) in [5.41, 5.74) is 3.95. The van der Waals surface area contributed by atoms with Gasteiger partial charge in [0, 0.05) is 61.2 Å². The summed E-state index contributed by atoms with van der Waals surface area (Å²) in [6.45, 7) is 6.23. The number of benzene rings is 2. The lowest BCUT2D eigenvalue weighted by Crippen LogP contribution is -2.51. The van der Waals surface area contributed by atoms with Crippen molar-refractivity contribution < 1.29 is 13.9 Å². The molecule has 0 aliphatic carbocycles. The van der Waals surface area contributed by atoms with Crippen molar-refractivity contribution in [1.82, 2.24) is 24.5 Å². The standard InChI is InChI=1S/C30H32ClN7O3/c1-20-18-37(24-9-7-23(31)8-10-24)13-12-36(20)19-22-17-33-30(32-16-21-6-11-25(39-2)27(15-21)40-3)38-29(22)34-28(35-38)26-5-4-14-41-26/h4-11,14-15,17,20H,12-13,16,18-19H2,1-3H3,(H,32,33). The van der Waals surface area contributed by atoms with Crippen LogP contribution in [0, 0.1) is 0 Å². The second kappa shape index (κ2) is 11.7. The van der Waals surface area contributed by atoms with Crippen LogP contribution in [0.4, 0.5) is 11.6 Å². The fraction of sp³-hybridized carbons (Fsp3) is 0.300. The third kappa shape index (κ3) is 5.66. The van der Waals surface area contributed by atoms with E-state index in [-0.39, 0.29) is 0 Å². The summed E-state index contributed by atoms with van der Waals surface area (Å²) in [6.07, 6.45) is 3.52. The van der Waals surface area contributed by atoms with Crippen LogP contribution in [0.2, 0.25) is 5.02 Å². The molecule has 1 aliphatic rings. The molecule has 1 atom stereocenters. The molecule has 1 aliphatic heterocycles. The van der Waals surface area contributed by atoms with Gasteiger partial charge in [-0.3, -0.25) is 4.90 Å². The number of methoxy groups -OCH3 is 2. The van der Waals surface area contributed by atoms with E-state index in [9.17, 15) is 0 Å². The molecule has 0 bridgehead atoms. The summed E-state index contributed by atoms with van der Waals surface area (Å²) in [5.74, 6) is 3.06. The normalized spacial score (nSPS) is 15.8. The summed E-state index contributed by atoms with van der Waals surface area (Å²) in [7, 11) is 3.25. The number of halogens is 1. The Hall–Kier alpha value is -4.28. The molecule has 10 nitrogen and oxygen atoms in total. The minimum atomic E-state index is 0.329. The zero-order valence-electron chi connectivity index (χ0n) is 23.2. The van der Waals surface area contributed by atoms with Crippen LogP contribution in [0.5, 0.6) is 11.5 Å². The van der Waals surface area contributed by atoms with Gasteiger partial charge >= 0.3 is 0 Å². The maximum Gasteiger partial charge on any atom is 0.226 e. The number of piperazine rings is 1. The Morgan fingerprint density at radius 3 is 2.61 bits per heavy atom. The number of anilines is 2. The predicted octanol–water partition coefficient (Wildman–Crippen LogP) is 5.38. The Kier molecular flexibility index (Phi) is 7.67. The second-order valence-corrected chi connectivity index (χ2v) is 10.5. The summed E-state index contributed by atoms with van der Waals surface area (Å²) in [4.78, 5) is 14.5. The number of nitrogens with zero attached hydrogens (tertiary/aromatic N) is 6. The van der Waals surface area contributed by atoms with Crippen LogP contribution < -0.4 is 19.7 Å². The van der Waals surface area contributed by atoms with Gasteiger partial charge < -0.3 is 24.1 Å². The summed E-state index contributed by atoms with van der Waals surface area (Å²) in [5, 5.41) is 8.93. The molecule has 0 radical (unpaired) electrons. The van der Waals surface area contributed by atoms with Gasteiger partial charge in [0.1, 0.15) is 0 Å². The topological polar surface area (TPSA) is 93.2 Å². The molecule has 1 saturated heterocycles. The molecule has 0 spiro atoms. The SMILES string of the molecule is COc1ccc(CNc2ncc(CN3CCN(c4ccc(Cl)cc4)CC3C)c3nc(-c4ccco4)nn23)cc1OC. The molecule has 212 valence electrons. The van der Waals surface area contributed by atoms with E-state index in [2.05, 4.69) is 34.2 Å². The molecule has 1 fully saturated rings. The van der Waals surface area contributed by atoms with E-state index in [4.69, 9.17) is 40.6 Å². The lowest BCUT2D eigenvalue weighted by atomic mass is 10.1. The molecule has 1 N–H and O–H groups in total. The van der Waals surface area contributed by atoms with Gasteiger partial charge in [0.2, 0.25) is 11.8 Å². The van der Waals surface area contributed by atoms with E-state index in [0.29, 0.717) is 48.2 Å². The Morgan fingerprint density at radius 1 is 1.05 bits per heavy atom. The zero-order chi connectivity index (χ0) is 28.3. The molecule has 6 rings (SSSR count). The van der Waals surface area contributed by atoms with Gasteiger partial charge in [-0.2, -0.15) is 4.52 Å². The maximum absolute atomic E-state index is 6.09. The van der Waals surface area contributed by atoms with Crippen LogP contribution >= 0.6 is 11.6 Å². The van der Waals surface area contributed by atoms with E-state index in [0.717, 1.165) is 41.4 Å². The van der Waals surface area contributed by atoms with Gasteiger partial charge in [-0.05, 0) is 61.0 Å². The van der Waals surface area contributed by atoms with Crippen LogP contribution in [0.15, 0.2) is 71.5 Å². The molecule has 41 heavy (non-hydrogen) atoms. The van der Waals surface area contributed by atoms with Gasteiger partial charge in [-0.15, -0.1) is 5.10 Å². The second-order valence-electron chi connectivity index (χ2n) is 10.0. The molecule has 0 saturated carbocycles. The molecule has 4 heterocycles. The first kappa shape index (κ1) is 26.9. The van der Waals surface area contributed by atoms with Crippen molar-refractivity contribution in [3.8, 4) is 23.1 Å². The number of nitrogens with one attached hydrogen (secondary N) is 1. The van der Waals surface area contributed by atoms with Crippen molar-refractivity contribution in [2.75, 3.05) is 44.1 Å². The minimum absolute atomic E-state index is 0.329. The largest absolute Gasteiger partial charge is 0.493 e. The first-order valence-electron chi connectivity index (χ1n) is 13.5. The molecule has 5 aromatic rings. The van der Waals surface area contributed by atoms with Crippen molar-refractivity contribution in [1.29, 1.82) is 0 Å². The maximum atomic E-state index is 6.09. The molecular formula is C30H32ClN7O3. The predicted molar refractivity (Wildman–Crippen MR) is 159 cm³/mol. The van der Waals surface area contributed by atoms with E-state index in [1.54, 1.807) is 25.0 Å². The quantitative estimate of drug-likeness (QED) is 0.249. The lowest BCUT2D eigenvalue weighted by Gasteiger charge is -2.41. The van der Waals surface area contributed by atoms with Crippen molar-refractivity contribution in [2.24, 2.45) is 0 Å². The highest BCUT2D eigenvalue weighted by atomic mass is 35.5. The average molecular weight is 574 g/mol. The fourth-order valence-corrected chi connectivity index (χ4v) is 5.29. The Balaban J connectivity index is 1.24. The lowest BCUT2D eigenvalue weighted by molar-refractivity contribution is 0.181. The van der Waals surface area contributed by atoms with Crippen LogP contribution in [0.1, 0.15) is 18.1 Å². The third-order valence-electron chi connectivity index (χ3n) is 7.41. The number of aromatic nitrogens is 4. The van der Waals surface area contributed by atoms with Crippen molar-refractivity contribution in [2.45, 2.75) is 26.1 Å². The van der Waals surface area contributed by atoms with Crippen LogP contribution in [-0.4, -0.2) is 64.4 Å². The minimum Gasteiger partial charge on any atom is -0.493 e. The monoisotopic (exact) mass is 573 g/mol. The molecule has 3 aromatic heterocycles. The zero-order valence-corrected chi connectivity index (χ0v) is 24.0. The van der Waals surface area contributed by atoms with Gasteiger partial charge in [-0.1, -0.05) is 17.7 Å². The number of ether oxygens (including phenoxy) is 2. The number of hydrogen-bond donors (Lipinski definition) is 1. The van der Waals surface area contributed by atoms with E-state index in [1.165, 1.54) is 5.69 Å². The number of furan rings is 1. The highest BCUT2D eigenvalue weighted by molar-refractivity contribution is 6.30. The van der Waals surface area contributed by atoms with Crippen molar-refractivity contribution in [3.05, 3.63) is 83.2 Å². The Labute approximate surface area is 243 Å². The average Bonchev–Trinajstić information content (AvgIpc) is 3.69. The molecule has 2 aromatic carbocycles. The van der Waals surface area contributed by atoms with E-state index >= 15 is 0 Å². The molecular weight excluding hydrogens is 542 g/mol. The van der Waals surface area contributed by atoms with Gasteiger partial charge in [0.15, 0.2) is 22.9 Å². The molecule has 0 amide bonds. The highest BCUT2D eigenvalue weighted by Crippen LogP contribution is 2.29. The van der Waals surface area contributed by atoms with Crippen LogP contribution in [-0.2, 0) is 13.1 Å². The van der Waals surface area contributed by atoms with Crippen molar-refractivity contribution >= 4 is 28.9 Å². The number of rotatable bonds is 9.